The van der Waals surface area contributed by atoms with Crippen molar-refractivity contribution >= 4 is 29.2 Å². The zero-order valence-electron chi connectivity index (χ0n) is 4.09. The number of nitrogens with two attached hydrogens (primary N) is 1. The average molecular weight is 136 g/mol. The third kappa shape index (κ3) is 2.85. The fraction of sp³-hybridized carbons (Fsp3) is 0.667. The summed E-state index contributed by atoms with van der Waals surface area (Å²) in [6.45, 7) is 2.62. The molecule has 0 aromatic carbocycles. The zero-order valence-corrected chi connectivity index (χ0v) is 5.80. The predicted octanol–water partition coefficient (Wildman–Crippen LogP) is 0.397. The van der Waals surface area contributed by atoms with Crippen LogP contribution in [0.15, 0.2) is 0 Å². The van der Waals surface area contributed by atoms with Crippen LogP contribution in [0.5, 0.6) is 0 Å². The number of rotatable bonds is 1. The van der Waals surface area contributed by atoms with E-state index in [1.165, 1.54) is 5.01 Å². The predicted molar refractivity (Wildman–Crippen MR) is 38.2 cm³/mol. The first kappa shape index (κ1) is 7.20. The van der Waals surface area contributed by atoms with Gasteiger partial charge in [-0.2, -0.15) is 0 Å². The molecule has 0 saturated heterocycles. The minimum Gasteiger partial charge on any atom is -0.296 e. The van der Waals surface area contributed by atoms with E-state index in [-0.39, 0.29) is 0 Å². The van der Waals surface area contributed by atoms with E-state index in [4.69, 9.17) is 5.84 Å². The molecule has 42 valence electrons. The lowest BCUT2D eigenvalue weighted by Crippen LogP contribution is -2.32. The number of nitrogens with zero attached hydrogens (tertiary/aromatic N) is 1. The summed E-state index contributed by atoms with van der Waals surface area (Å²) in [5.41, 5.74) is 0. The molecule has 0 saturated carbocycles. The summed E-state index contributed by atoms with van der Waals surface area (Å²) in [5.74, 6) is 5.23. The first-order chi connectivity index (χ1) is 3.18. The molecule has 2 nitrogen and oxygen atoms in total. The summed E-state index contributed by atoms with van der Waals surface area (Å²) in [6, 6.07) is 0. The summed E-state index contributed by atoms with van der Waals surface area (Å²) >= 11 is 8.39. The number of hydrogen-bond donors (Lipinski definition) is 2. The molecule has 0 radical (unpaired) electrons. The van der Waals surface area contributed by atoms with Crippen molar-refractivity contribution in [3.63, 3.8) is 0 Å². The van der Waals surface area contributed by atoms with Gasteiger partial charge in [0.15, 0.2) is 0 Å². The Hall–Kier alpha value is 0.200. The summed E-state index contributed by atoms with van der Waals surface area (Å²) in [4.78, 5) is 0. The van der Waals surface area contributed by atoms with Crippen LogP contribution in [0.3, 0.4) is 0 Å². The first-order valence-electron chi connectivity index (χ1n) is 1.93. The Balaban J connectivity index is 3.34. The van der Waals surface area contributed by atoms with Gasteiger partial charge in [-0.15, -0.1) is 12.6 Å². The minimum atomic E-state index is 0.433. The smallest absolute Gasteiger partial charge is 0.147 e. The van der Waals surface area contributed by atoms with E-state index < -0.39 is 0 Å². The van der Waals surface area contributed by atoms with Crippen LogP contribution in [0.4, 0.5) is 0 Å². The zero-order chi connectivity index (χ0) is 5.86. The van der Waals surface area contributed by atoms with E-state index in [1.807, 2.05) is 6.92 Å². The van der Waals surface area contributed by atoms with Crippen LogP contribution in [0.1, 0.15) is 6.92 Å². The Labute approximate surface area is 54.1 Å². The van der Waals surface area contributed by atoms with E-state index >= 15 is 0 Å². The van der Waals surface area contributed by atoms with Crippen molar-refractivity contribution in [3.8, 4) is 0 Å². The second-order valence-corrected chi connectivity index (χ2v) is 2.18. The molecule has 0 atom stereocenters. The standard InChI is InChI=1S/C3H8N2S2/c1-2-5(4)3(6)7/h2,4H2,1H3,(H,6,7). The third-order valence-electron chi connectivity index (χ3n) is 0.586. The first-order valence-corrected chi connectivity index (χ1v) is 2.79. The van der Waals surface area contributed by atoms with Gasteiger partial charge in [0.1, 0.15) is 4.32 Å². The summed E-state index contributed by atoms with van der Waals surface area (Å²) in [7, 11) is 0. The van der Waals surface area contributed by atoms with Gasteiger partial charge >= 0.3 is 0 Å². The van der Waals surface area contributed by atoms with Gasteiger partial charge in [0, 0.05) is 6.54 Å². The monoisotopic (exact) mass is 136 g/mol. The topological polar surface area (TPSA) is 29.3 Å². The molecule has 0 spiro atoms. The lowest BCUT2D eigenvalue weighted by Gasteiger charge is -2.10. The molecule has 0 unspecified atom stereocenters. The Kier molecular flexibility index (Phi) is 3.33. The van der Waals surface area contributed by atoms with Crippen molar-refractivity contribution in [2.45, 2.75) is 6.92 Å². The van der Waals surface area contributed by atoms with Gasteiger partial charge < -0.3 is 0 Å². The molecule has 0 aliphatic heterocycles. The highest BCUT2D eigenvalue weighted by atomic mass is 32.1. The van der Waals surface area contributed by atoms with Crippen LogP contribution < -0.4 is 5.84 Å². The van der Waals surface area contributed by atoms with Gasteiger partial charge in [-0.05, 0) is 6.92 Å². The molecule has 0 rings (SSSR count). The largest absolute Gasteiger partial charge is 0.296 e. The van der Waals surface area contributed by atoms with E-state index in [1.54, 1.807) is 0 Å². The highest BCUT2D eigenvalue weighted by molar-refractivity contribution is 8.10. The Morgan fingerprint density at radius 2 is 2.43 bits per heavy atom. The number of thiocarbonyl (C=S) groups is 1. The molecule has 7 heavy (non-hydrogen) atoms. The minimum absolute atomic E-state index is 0.433. The highest BCUT2D eigenvalue weighted by Gasteiger charge is 1.91. The van der Waals surface area contributed by atoms with Crippen LogP contribution >= 0.6 is 24.8 Å². The van der Waals surface area contributed by atoms with Crippen molar-refractivity contribution in [1.82, 2.24) is 5.01 Å². The quantitative estimate of drug-likeness (QED) is 0.237. The molecule has 0 bridgehead atoms. The van der Waals surface area contributed by atoms with E-state index in [9.17, 15) is 0 Å². The number of hydrazine groups is 1. The fourth-order valence-electron chi connectivity index (χ4n) is 0.135. The van der Waals surface area contributed by atoms with E-state index in [2.05, 4.69) is 24.8 Å². The molecule has 2 N–H and O–H groups in total. The molecule has 0 aliphatic rings. The normalized spacial score (nSPS) is 8.43. The van der Waals surface area contributed by atoms with Gasteiger partial charge in [0.25, 0.3) is 0 Å². The molecular formula is C3H8N2S2. The van der Waals surface area contributed by atoms with Gasteiger partial charge in [-0.1, -0.05) is 12.2 Å². The molecule has 0 fully saturated rings. The maximum atomic E-state index is 5.23. The van der Waals surface area contributed by atoms with Crippen molar-refractivity contribution < 1.29 is 0 Å². The van der Waals surface area contributed by atoms with Crippen molar-refractivity contribution in [1.29, 1.82) is 0 Å². The van der Waals surface area contributed by atoms with Crippen LogP contribution in [-0.2, 0) is 0 Å². The lowest BCUT2D eigenvalue weighted by molar-refractivity contribution is 0.483. The van der Waals surface area contributed by atoms with Crippen LogP contribution in [0.25, 0.3) is 0 Å². The maximum Gasteiger partial charge on any atom is 0.147 e. The Bertz CT molecular complexity index is 73.3. The maximum absolute atomic E-state index is 5.23. The van der Waals surface area contributed by atoms with Crippen LogP contribution in [-0.4, -0.2) is 15.9 Å². The van der Waals surface area contributed by atoms with Crippen molar-refractivity contribution in [3.05, 3.63) is 0 Å². The van der Waals surface area contributed by atoms with Crippen molar-refractivity contribution in [2.75, 3.05) is 6.54 Å². The molecule has 4 heteroatoms. The van der Waals surface area contributed by atoms with E-state index in [0.717, 1.165) is 0 Å². The van der Waals surface area contributed by atoms with Gasteiger partial charge in [0.2, 0.25) is 0 Å². The van der Waals surface area contributed by atoms with E-state index in [0.29, 0.717) is 10.9 Å². The summed E-state index contributed by atoms with van der Waals surface area (Å²) in [6.07, 6.45) is 0. The van der Waals surface area contributed by atoms with Crippen LogP contribution in [0.2, 0.25) is 0 Å². The number of thiol groups is 1. The Morgan fingerprint density at radius 3 is 2.43 bits per heavy atom. The molecule has 0 amide bonds. The Morgan fingerprint density at radius 1 is 2.00 bits per heavy atom. The van der Waals surface area contributed by atoms with Gasteiger partial charge in [-0.3, -0.25) is 5.01 Å². The molecule has 0 aromatic heterocycles. The van der Waals surface area contributed by atoms with Crippen molar-refractivity contribution in [2.24, 2.45) is 5.84 Å². The third-order valence-corrected chi connectivity index (χ3v) is 1.08. The molecule has 0 aromatic rings. The molecular weight excluding hydrogens is 128 g/mol. The SMILES string of the molecule is CCN(N)C(=S)S. The average Bonchev–Trinajstić information content (AvgIpc) is 1.65. The van der Waals surface area contributed by atoms with Gasteiger partial charge in [-0.25, -0.2) is 5.84 Å². The second kappa shape index (κ2) is 3.23. The summed E-state index contributed by atoms with van der Waals surface area (Å²) in [5, 5.41) is 1.39. The lowest BCUT2D eigenvalue weighted by atomic mass is 10.7. The van der Waals surface area contributed by atoms with Gasteiger partial charge in [0.05, 0.1) is 0 Å². The second-order valence-electron chi connectivity index (χ2n) is 1.07. The summed E-state index contributed by atoms with van der Waals surface area (Å²) < 4.78 is 0.433. The fourth-order valence-corrected chi connectivity index (χ4v) is 0.406. The highest BCUT2D eigenvalue weighted by Crippen LogP contribution is 1.85. The van der Waals surface area contributed by atoms with Crippen LogP contribution in [0, 0.1) is 0 Å². The number of hydrogen-bond acceptors (Lipinski definition) is 2. The molecule has 0 aliphatic carbocycles. The molecule has 0 heterocycles.